The molecule has 3 nitrogen and oxygen atoms in total. The van der Waals surface area contributed by atoms with Crippen molar-refractivity contribution in [2.75, 3.05) is 13.1 Å². The van der Waals surface area contributed by atoms with Crippen molar-refractivity contribution in [1.82, 2.24) is 10.2 Å². The van der Waals surface area contributed by atoms with Crippen molar-refractivity contribution in [2.45, 2.75) is 88.6 Å². The van der Waals surface area contributed by atoms with Gasteiger partial charge in [0.2, 0.25) is 5.91 Å². The topological polar surface area (TPSA) is 32.3 Å². The van der Waals surface area contributed by atoms with Gasteiger partial charge >= 0.3 is 0 Å². The van der Waals surface area contributed by atoms with Crippen LogP contribution in [0.25, 0.3) is 0 Å². The highest BCUT2D eigenvalue weighted by Gasteiger charge is 2.46. The van der Waals surface area contributed by atoms with Gasteiger partial charge in [-0.1, -0.05) is 56.4 Å². The summed E-state index contributed by atoms with van der Waals surface area (Å²) in [5.74, 6) is 0.0915. The minimum atomic E-state index is 0.0915. The first-order valence-electron chi connectivity index (χ1n) is 10.8. The monoisotopic (exact) mass is 354 g/mol. The lowest BCUT2D eigenvalue weighted by molar-refractivity contribution is -0.119. The van der Waals surface area contributed by atoms with Gasteiger partial charge < -0.3 is 10.2 Å². The molecule has 0 radical (unpaired) electrons. The van der Waals surface area contributed by atoms with Crippen LogP contribution < -0.4 is 5.32 Å². The zero-order valence-electron chi connectivity index (χ0n) is 16.3. The van der Waals surface area contributed by atoms with Crippen LogP contribution in [0.3, 0.4) is 0 Å². The van der Waals surface area contributed by atoms with Gasteiger partial charge in [-0.2, -0.15) is 0 Å². The number of hydrogen-bond acceptors (Lipinski definition) is 2. The number of amides is 1. The number of carbonyl (C=O) groups excluding carboxylic acids is 1. The predicted octanol–water partition coefficient (Wildman–Crippen LogP) is 4.71. The molecule has 1 aliphatic heterocycles. The number of rotatable bonds is 2. The van der Waals surface area contributed by atoms with Gasteiger partial charge in [-0.25, -0.2) is 0 Å². The maximum atomic E-state index is 11.7. The molecule has 142 valence electrons. The van der Waals surface area contributed by atoms with Crippen molar-refractivity contribution in [3.8, 4) is 0 Å². The molecule has 3 heteroatoms. The van der Waals surface area contributed by atoms with Crippen molar-refractivity contribution in [1.29, 1.82) is 0 Å². The normalized spacial score (nSPS) is 26.9. The van der Waals surface area contributed by atoms with Crippen molar-refractivity contribution in [3.05, 3.63) is 35.4 Å². The van der Waals surface area contributed by atoms with E-state index in [2.05, 4.69) is 34.5 Å². The first-order valence-corrected chi connectivity index (χ1v) is 10.8. The summed E-state index contributed by atoms with van der Waals surface area (Å²) in [4.78, 5) is 14.5. The molecule has 0 aromatic heterocycles. The second-order valence-corrected chi connectivity index (χ2v) is 8.86. The molecule has 1 saturated carbocycles. The molecular weight excluding hydrogens is 320 g/mol. The number of nitrogens with zero attached hydrogens (tertiary/aromatic N) is 1. The summed E-state index contributed by atoms with van der Waals surface area (Å²) in [6.45, 7) is 4.10. The number of piperidine rings is 1. The van der Waals surface area contributed by atoms with Gasteiger partial charge in [-0.05, 0) is 56.3 Å². The fraction of sp³-hybridized carbons (Fsp3) is 0.696. The van der Waals surface area contributed by atoms with Gasteiger partial charge in [-0.15, -0.1) is 0 Å². The number of carbonyl (C=O) groups is 1. The molecule has 1 amide bonds. The van der Waals surface area contributed by atoms with Gasteiger partial charge in [0.1, 0.15) is 0 Å². The Kier molecular flexibility index (Phi) is 5.35. The van der Waals surface area contributed by atoms with Crippen LogP contribution in [0.4, 0.5) is 0 Å². The number of fused-ring (bicyclic) bond motifs is 2. The van der Waals surface area contributed by atoms with E-state index in [1.165, 1.54) is 82.0 Å². The van der Waals surface area contributed by atoms with E-state index in [1.807, 2.05) is 0 Å². The van der Waals surface area contributed by atoms with Crippen molar-refractivity contribution >= 4 is 5.91 Å². The van der Waals surface area contributed by atoms with E-state index in [9.17, 15) is 4.79 Å². The quantitative estimate of drug-likeness (QED) is 0.834. The number of nitrogens with one attached hydrogen (secondary N) is 1. The van der Waals surface area contributed by atoms with Crippen LogP contribution in [0.15, 0.2) is 24.3 Å². The molecule has 1 atom stereocenters. The average molecular weight is 355 g/mol. The Morgan fingerprint density at radius 1 is 1.04 bits per heavy atom. The van der Waals surface area contributed by atoms with E-state index in [1.54, 1.807) is 6.92 Å². The van der Waals surface area contributed by atoms with Gasteiger partial charge in [0.15, 0.2) is 0 Å². The van der Waals surface area contributed by atoms with Gasteiger partial charge in [0.05, 0.1) is 6.04 Å². The average Bonchev–Trinajstić information content (AvgIpc) is 2.89. The van der Waals surface area contributed by atoms with Crippen molar-refractivity contribution in [3.63, 3.8) is 0 Å². The maximum Gasteiger partial charge on any atom is 0.217 e. The van der Waals surface area contributed by atoms with E-state index in [0.29, 0.717) is 0 Å². The fourth-order valence-electron chi connectivity index (χ4n) is 5.86. The molecule has 1 aromatic carbocycles. The highest BCUT2D eigenvalue weighted by atomic mass is 16.1. The molecule has 1 aromatic rings. The van der Waals surface area contributed by atoms with E-state index >= 15 is 0 Å². The molecular formula is C23H34N2O. The zero-order chi connectivity index (χ0) is 18.0. The molecule has 2 aliphatic carbocycles. The highest BCUT2D eigenvalue weighted by molar-refractivity contribution is 5.73. The lowest BCUT2D eigenvalue weighted by Gasteiger charge is -2.44. The summed E-state index contributed by atoms with van der Waals surface area (Å²) in [5, 5.41) is 3.21. The van der Waals surface area contributed by atoms with Crippen LogP contribution in [0.5, 0.6) is 0 Å². The van der Waals surface area contributed by atoms with Gasteiger partial charge in [-0.3, -0.25) is 4.79 Å². The first-order chi connectivity index (χ1) is 12.7. The van der Waals surface area contributed by atoms with Crippen LogP contribution in [0, 0.1) is 0 Å². The zero-order valence-corrected chi connectivity index (χ0v) is 16.3. The summed E-state index contributed by atoms with van der Waals surface area (Å²) in [5.41, 5.74) is 3.15. The lowest BCUT2D eigenvalue weighted by Crippen LogP contribution is -2.46. The van der Waals surface area contributed by atoms with E-state index in [-0.39, 0.29) is 17.4 Å². The molecule has 26 heavy (non-hydrogen) atoms. The van der Waals surface area contributed by atoms with Gasteiger partial charge in [0, 0.05) is 18.4 Å². The molecule has 1 spiro atoms. The Labute approximate surface area is 158 Å². The molecule has 0 bridgehead atoms. The Hall–Kier alpha value is -1.35. The van der Waals surface area contributed by atoms with Crippen LogP contribution in [0.2, 0.25) is 0 Å². The molecule has 1 heterocycles. The van der Waals surface area contributed by atoms with Crippen molar-refractivity contribution in [2.24, 2.45) is 0 Å². The third-order valence-corrected chi connectivity index (χ3v) is 7.23. The van der Waals surface area contributed by atoms with E-state index in [0.717, 1.165) is 12.5 Å². The van der Waals surface area contributed by atoms with Crippen LogP contribution >= 0.6 is 0 Å². The van der Waals surface area contributed by atoms with E-state index < -0.39 is 0 Å². The highest BCUT2D eigenvalue weighted by Crippen LogP contribution is 2.51. The number of hydrogen-bond donors (Lipinski definition) is 1. The fourth-order valence-corrected chi connectivity index (χ4v) is 5.86. The SMILES string of the molecule is CC(=O)NC1CC2(CCN(C3CCCCCCC3)CC2)c2ccccc21. The number of likely N-dealkylation sites (tertiary alicyclic amines) is 1. The second kappa shape index (κ2) is 7.72. The molecule has 3 aliphatic rings. The predicted molar refractivity (Wildman–Crippen MR) is 106 cm³/mol. The standard InChI is InChI=1S/C23H34N2O/c1-18(26)24-22-17-23(21-12-8-7-11-20(21)22)13-15-25(16-14-23)19-9-5-3-2-4-6-10-19/h7-8,11-12,19,22H,2-6,9-10,13-17H2,1H3,(H,24,26). The molecule has 1 saturated heterocycles. The summed E-state index contributed by atoms with van der Waals surface area (Å²) in [6, 6.07) is 9.87. The number of benzene rings is 1. The molecule has 1 N–H and O–H groups in total. The molecule has 4 rings (SSSR count). The minimum absolute atomic E-state index is 0.0915. The summed E-state index contributed by atoms with van der Waals surface area (Å²) >= 11 is 0. The Bertz CT molecular complexity index is 625. The summed E-state index contributed by atoms with van der Waals surface area (Å²) in [6.07, 6.45) is 13.5. The Balaban J connectivity index is 1.47. The minimum Gasteiger partial charge on any atom is -0.349 e. The largest absolute Gasteiger partial charge is 0.349 e. The summed E-state index contributed by atoms with van der Waals surface area (Å²) < 4.78 is 0. The Morgan fingerprint density at radius 2 is 1.69 bits per heavy atom. The molecule has 1 unspecified atom stereocenters. The van der Waals surface area contributed by atoms with Crippen LogP contribution in [-0.2, 0) is 10.2 Å². The third-order valence-electron chi connectivity index (χ3n) is 7.23. The van der Waals surface area contributed by atoms with Crippen LogP contribution in [-0.4, -0.2) is 29.9 Å². The Morgan fingerprint density at radius 3 is 2.38 bits per heavy atom. The lowest BCUT2D eigenvalue weighted by atomic mass is 9.73. The van der Waals surface area contributed by atoms with Crippen molar-refractivity contribution < 1.29 is 4.79 Å². The third kappa shape index (κ3) is 3.55. The van der Waals surface area contributed by atoms with Crippen LogP contribution in [0.1, 0.15) is 88.3 Å². The second-order valence-electron chi connectivity index (χ2n) is 8.86. The van der Waals surface area contributed by atoms with E-state index in [4.69, 9.17) is 0 Å². The summed E-state index contributed by atoms with van der Waals surface area (Å²) in [7, 11) is 0. The maximum absolute atomic E-state index is 11.7. The van der Waals surface area contributed by atoms with Gasteiger partial charge in [0.25, 0.3) is 0 Å². The first kappa shape index (κ1) is 18.0. The smallest absolute Gasteiger partial charge is 0.217 e. The molecule has 2 fully saturated rings.